The van der Waals surface area contributed by atoms with Crippen LogP contribution in [0.4, 0.5) is 0 Å². The van der Waals surface area contributed by atoms with Crippen LogP contribution in [0.5, 0.6) is 0 Å². The van der Waals surface area contributed by atoms with E-state index in [1.165, 1.54) is 0 Å². The number of nitrogens with one attached hydrogen (secondary N) is 1. The summed E-state index contributed by atoms with van der Waals surface area (Å²) in [5.41, 5.74) is 1.94. The average molecular weight is 417 g/mol. The van der Waals surface area contributed by atoms with Crippen LogP contribution in [0.3, 0.4) is 0 Å². The van der Waals surface area contributed by atoms with Gasteiger partial charge in [-0.15, -0.1) is 17.5 Å². The van der Waals surface area contributed by atoms with Gasteiger partial charge in [0, 0.05) is 18.8 Å². The number of tetrazole rings is 1. The molecule has 0 saturated carbocycles. The summed E-state index contributed by atoms with van der Waals surface area (Å²) in [6.45, 7) is 1.47. The van der Waals surface area contributed by atoms with Crippen LogP contribution in [0.25, 0.3) is 5.69 Å². The summed E-state index contributed by atoms with van der Waals surface area (Å²) >= 11 is 13.8. The fraction of sp³-hybridized carbons (Fsp3) is 0.188. The van der Waals surface area contributed by atoms with Crippen LogP contribution in [0.15, 0.2) is 53.7 Å². The van der Waals surface area contributed by atoms with Crippen LogP contribution in [0.2, 0.25) is 10.0 Å². The van der Waals surface area contributed by atoms with E-state index in [-0.39, 0.29) is 12.4 Å². The van der Waals surface area contributed by atoms with Crippen LogP contribution in [0, 0.1) is 0 Å². The van der Waals surface area contributed by atoms with Crippen molar-refractivity contribution in [3.8, 4) is 5.69 Å². The molecule has 9 heteroatoms. The summed E-state index contributed by atoms with van der Waals surface area (Å²) in [5, 5.41) is 17.2. The van der Waals surface area contributed by atoms with Gasteiger partial charge in [-0.1, -0.05) is 65.3 Å². The zero-order valence-electron chi connectivity index (χ0n) is 13.1. The molecule has 0 aliphatic carbocycles. The van der Waals surface area contributed by atoms with E-state index >= 15 is 0 Å². The highest BCUT2D eigenvalue weighted by atomic mass is 35.5. The van der Waals surface area contributed by atoms with E-state index in [0.717, 1.165) is 28.7 Å². The van der Waals surface area contributed by atoms with Crippen LogP contribution in [0.1, 0.15) is 5.56 Å². The lowest BCUT2D eigenvalue weighted by Gasteiger charge is -2.08. The van der Waals surface area contributed by atoms with Gasteiger partial charge in [0.2, 0.25) is 5.16 Å². The molecule has 0 bridgehead atoms. The summed E-state index contributed by atoms with van der Waals surface area (Å²) in [6.07, 6.45) is 0. The number of para-hydroxylation sites is 1. The number of aromatic nitrogens is 4. The number of rotatable bonds is 7. The van der Waals surface area contributed by atoms with Gasteiger partial charge in [0.15, 0.2) is 0 Å². The molecule has 1 heterocycles. The van der Waals surface area contributed by atoms with Crippen molar-refractivity contribution in [3.63, 3.8) is 0 Å². The Morgan fingerprint density at radius 2 is 1.84 bits per heavy atom. The van der Waals surface area contributed by atoms with Gasteiger partial charge < -0.3 is 5.32 Å². The third-order valence-electron chi connectivity index (χ3n) is 3.30. The summed E-state index contributed by atoms with van der Waals surface area (Å²) in [5.74, 6) is 0.839. The SMILES string of the molecule is Cl.Clc1cccc(CNCCSc2nnnn2-c2ccccc2)c1Cl. The van der Waals surface area contributed by atoms with Gasteiger partial charge in [0.05, 0.1) is 15.7 Å². The van der Waals surface area contributed by atoms with E-state index < -0.39 is 0 Å². The Bertz CT molecular complexity index is 797. The molecule has 0 fully saturated rings. The number of hydrogen-bond donors (Lipinski definition) is 1. The minimum absolute atomic E-state index is 0. The predicted octanol–water partition coefficient (Wildman–Crippen LogP) is 4.27. The Morgan fingerprint density at radius 1 is 1.04 bits per heavy atom. The average Bonchev–Trinajstić information content (AvgIpc) is 3.07. The molecule has 132 valence electrons. The number of hydrogen-bond acceptors (Lipinski definition) is 5. The standard InChI is InChI=1S/C16H15Cl2N5S.ClH/c17-14-8-4-5-12(15(14)18)11-19-9-10-24-16-20-21-22-23(16)13-6-2-1-3-7-13;/h1-8,19H,9-11H2;1H. The molecule has 25 heavy (non-hydrogen) atoms. The lowest BCUT2D eigenvalue weighted by atomic mass is 10.2. The monoisotopic (exact) mass is 415 g/mol. The molecule has 0 unspecified atom stereocenters. The Morgan fingerprint density at radius 3 is 2.64 bits per heavy atom. The van der Waals surface area contributed by atoms with Gasteiger partial charge in [0.25, 0.3) is 0 Å². The van der Waals surface area contributed by atoms with Crippen LogP contribution >= 0.6 is 47.4 Å². The third kappa shape index (κ3) is 5.33. The molecule has 0 amide bonds. The van der Waals surface area contributed by atoms with Crippen molar-refractivity contribution in [3.05, 3.63) is 64.1 Å². The first-order valence-electron chi connectivity index (χ1n) is 7.36. The highest BCUT2D eigenvalue weighted by molar-refractivity contribution is 7.99. The quantitative estimate of drug-likeness (QED) is 0.460. The summed E-state index contributed by atoms with van der Waals surface area (Å²) in [7, 11) is 0. The highest BCUT2D eigenvalue weighted by Gasteiger charge is 2.08. The second-order valence-electron chi connectivity index (χ2n) is 4.95. The normalized spacial score (nSPS) is 10.5. The first-order chi connectivity index (χ1) is 11.8. The maximum absolute atomic E-state index is 6.17. The molecule has 5 nitrogen and oxygen atoms in total. The van der Waals surface area contributed by atoms with E-state index in [0.29, 0.717) is 16.6 Å². The van der Waals surface area contributed by atoms with Gasteiger partial charge >= 0.3 is 0 Å². The molecule has 0 radical (unpaired) electrons. The number of benzene rings is 2. The number of halogens is 3. The van der Waals surface area contributed by atoms with E-state index in [2.05, 4.69) is 20.8 Å². The van der Waals surface area contributed by atoms with E-state index in [4.69, 9.17) is 23.2 Å². The summed E-state index contributed by atoms with van der Waals surface area (Å²) in [4.78, 5) is 0. The molecular weight excluding hydrogens is 401 g/mol. The lowest BCUT2D eigenvalue weighted by molar-refractivity contribution is 0.728. The first kappa shape index (κ1) is 20.0. The number of nitrogens with zero attached hydrogens (tertiary/aromatic N) is 4. The molecule has 3 aromatic rings. The second-order valence-corrected chi connectivity index (χ2v) is 6.79. The van der Waals surface area contributed by atoms with Crippen molar-refractivity contribution < 1.29 is 0 Å². The van der Waals surface area contributed by atoms with E-state index in [1.54, 1.807) is 22.5 Å². The molecule has 3 rings (SSSR count). The topological polar surface area (TPSA) is 55.6 Å². The maximum Gasteiger partial charge on any atom is 0.214 e. The Kier molecular flexibility index (Phi) is 7.99. The number of thioether (sulfide) groups is 1. The smallest absolute Gasteiger partial charge is 0.214 e. The minimum atomic E-state index is 0. The largest absolute Gasteiger partial charge is 0.312 e. The zero-order valence-corrected chi connectivity index (χ0v) is 16.2. The van der Waals surface area contributed by atoms with Gasteiger partial charge in [-0.2, -0.15) is 4.68 Å². The zero-order chi connectivity index (χ0) is 16.8. The first-order valence-corrected chi connectivity index (χ1v) is 9.10. The molecule has 0 atom stereocenters. The van der Waals surface area contributed by atoms with Gasteiger partial charge in [0.1, 0.15) is 0 Å². The molecular formula is C16H16Cl3N5S. The van der Waals surface area contributed by atoms with Crippen molar-refractivity contribution in [1.82, 2.24) is 25.5 Å². The summed E-state index contributed by atoms with van der Waals surface area (Å²) in [6, 6.07) is 15.5. The Hall–Kier alpha value is -1.31. The highest BCUT2D eigenvalue weighted by Crippen LogP contribution is 2.25. The minimum Gasteiger partial charge on any atom is -0.312 e. The second kappa shape index (κ2) is 9.99. The Balaban J connectivity index is 0.00000225. The molecule has 0 aliphatic rings. The van der Waals surface area contributed by atoms with Crippen molar-refractivity contribution in [2.75, 3.05) is 12.3 Å². The maximum atomic E-state index is 6.17. The van der Waals surface area contributed by atoms with Crippen molar-refractivity contribution >= 4 is 47.4 Å². The van der Waals surface area contributed by atoms with Crippen LogP contribution in [-0.4, -0.2) is 32.5 Å². The van der Waals surface area contributed by atoms with Crippen LogP contribution in [-0.2, 0) is 6.54 Å². The van der Waals surface area contributed by atoms with Crippen molar-refractivity contribution in [2.24, 2.45) is 0 Å². The molecule has 0 aliphatic heterocycles. The van der Waals surface area contributed by atoms with E-state index in [1.807, 2.05) is 42.5 Å². The third-order valence-corrected chi connectivity index (χ3v) is 5.08. The van der Waals surface area contributed by atoms with Gasteiger partial charge in [-0.05, 0) is 34.2 Å². The fourth-order valence-corrected chi connectivity index (χ4v) is 3.30. The van der Waals surface area contributed by atoms with E-state index in [9.17, 15) is 0 Å². The van der Waals surface area contributed by atoms with Crippen molar-refractivity contribution in [1.29, 1.82) is 0 Å². The lowest BCUT2D eigenvalue weighted by Crippen LogP contribution is -2.17. The Labute approximate surface area is 166 Å². The summed E-state index contributed by atoms with van der Waals surface area (Å²) < 4.78 is 1.73. The molecule has 0 saturated heterocycles. The van der Waals surface area contributed by atoms with Gasteiger partial charge in [-0.3, -0.25) is 0 Å². The van der Waals surface area contributed by atoms with Crippen molar-refractivity contribution in [2.45, 2.75) is 11.7 Å². The molecule has 1 N–H and O–H groups in total. The molecule has 1 aromatic heterocycles. The fourth-order valence-electron chi connectivity index (χ4n) is 2.12. The van der Waals surface area contributed by atoms with Gasteiger partial charge in [-0.25, -0.2) is 0 Å². The molecule has 0 spiro atoms. The predicted molar refractivity (Wildman–Crippen MR) is 105 cm³/mol. The molecule has 2 aromatic carbocycles. The van der Waals surface area contributed by atoms with Crippen LogP contribution < -0.4 is 5.32 Å².